The van der Waals surface area contributed by atoms with Crippen molar-refractivity contribution in [3.63, 3.8) is 0 Å². The smallest absolute Gasteiger partial charge is 0.241 e. The number of nitrogens with one attached hydrogen (secondary N) is 1. The minimum Gasteiger partial charge on any atom is -0.486 e. The number of benzene rings is 2. The van der Waals surface area contributed by atoms with E-state index < -0.39 is 10.0 Å². The molecule has 1 amide bonds. The van der Waals surface area contributed by atoms with Crippen LogP contribution in [0.3, 0.4) is 0 Å². The van der Waals surface area contributed by atoms with Gasteiger partial charge in [-0.1, -0.05) is 24.3 Å². The zero-order chi connectivity index (χ0) is 24.0. The molecule has 9 nitrogen and oxygen atoms in total. The van der Waals surface area contributed by atoms with E-state index in [0.717, 1.165) is 42.7 Å². The molecule has 0 aliphatic carbocycles. The number of hydrogen-bond acceptors (Lipinski definition) is 7. The molecule has 0 spiro atoms. The second kappa shape index (κ2) is 11.1. The van der Waals surface area contributed by atoms with Crippen molar-refractivity contribution in [3.05, 3.63) is 53.6 Å². The zero-order valence-corrected chi connectivity index (χ0v) is 20.2. The standard InChI is InChI=1S/C24H31N3O6S/c1-2-34(29,30)27(21-7-8-22-23(15-21)33-14-13-32-22)18-24(28)25-16-19-3-5-20(6-4-19)17-26-9-11-31-12-10-26/h3-8,15H,2,9-14,16-18H2,1H3,(H,25,28). The molecule has 4 rings (SSSR count). The van der Waals surface area contributed by atoms with Crippen LogP contribution in [0.25, 0.3) is 0 Å². The second-order valence-electron chi connectivity index (χ2n) is 8.22. The maximum absolute atomic E-state index is 12.7. The van der Waals surface area contributed by atoms with E-state index in [1.165, 1.54) is 5.56 Å². The van der Waals surface area contributed by atoms with Crippen molar-refractivity contribution >= 4 is 21.6 Å². The van der Waals surface area contributed by atoms with E-state index in [-0.39, 0.29) is 18.2 Å². The Bertz CT molecular complexity index is 1080. The first-order chi connectivity index (χ1) is 16.4. The van der Waals surface area contributed by atoms with Crippen LogP contribution in [-0.4, -0.2) is 71.0 Å². The van der Waals surface area contributed by atoms with Crippen LogP contribution in [0.1, 0.15) is 18.1 Å². The topological polar surface area (TPSA) is 97.4 Å². The van der Waals surface area contributed by atoms with Crippen LogP contribution in [0.4, 0.5) is 5.69 Å². The summed E-state index contributed by atoms with van der Waals surface area (Å²) in [5, 5.41) is 2.83. The Hall–Kier alpha value is -2.82. The molecule has 1 saturated heterocycles. The van der Waals surface area contributed by atoms with Crippen LogP contribution in [0.5, 0.6) is 11.5 Å². The van der Waals surface area contributed by atoms with Gasteiger partial charge in [0.2, 0.25) is 15.9 Å². The fraction of sp³-hybridized carbons (Fsp3) is 0.458. The Balaban J connectivity index is 1.36. The third-order valence-corrected chi connectivity index (χ3v) is 7.57. The Kier molecular flexibility index (Phi) is 7.91. The lowest BCUT2D eigenvalue weighted by molar-refractivity contribution is -0.119. The van der Waals surface area contributed by atoms with Gasteiger partial charge in [0.05, 0.1) is 24.7 Å². The predicted octanol–water partition coefficient (Wildman–Crippen LogP) is 1.76. The molecule has 1 fully saturated rings. The summed E-state index contributed by atoms with van der Waals surface area (Å²) in [4.78, 5) is 15.0. The third-order valence-electron chi connectivity index (χ3n) is 5.82. The number of hydrogen-bond donors (Lipinski definition) is 1. The summed E-state index contributed by atoms with van der Waals surface area (Å²) in [7, 11) is -3.68. The maximum Gasteiger partial charge on any atom is 0.241 e. The average molecular weight is 490 g/mol. The number of amides is 1. The van der Waals surface area contributed by atoms with Gasteiger partial charge in [0.1, 0.15) is 19.8 Å². The molecular formula is C24H31N3O6S. The van der Waals surface area contributed by atoms with Gasteiger partial charge in [-0.3, -0.25) is 14.0 Å². The molecule has 0 saturated carbocycles. The van der Waals surface area contributed by atoms with Crippen molar-refractivity contribution in [2.75, 3.05) is 56.1 Å². The molecule has 34 heavy (non-hydrogen) atoms. The van der Waals surface area contributed by atoms with Crippen molar-refractivity contribution in [3.8, 4) is 11.5 Å². The number of carbonyl (C=O) groups excluding carboxylic acids is 1. The lowest BCUT2D eigenvalue weighted by Gasteiger charge is -2.26. The Morgan fingerprint density at radius 2 is 1.65 bits per heavy atom. The molecular weight excluding hydrogens is 458 g/mol. The monoisotopic (exact) mass is 489 g/mol. The third kappa shape index (κ3) is 6.19. The second-order valence-corrected chi connectivity index (χ2v) is 10.4. The van der Waals surface area contributed by atoms with E-state index in [1.54, 1.807) is 25.1 Å². The average Bonchev–Trinajstić information content (AvgIpc) is 2.87. The number of sulfonamides is 1. The highest BCUT2D eigenvalue weighted by Crippen LogP contribution is 2.34. The summed E-state index contributed by atoms with van der Waals surface area (Å²) in [6.07, 6.45) is 0. The van der Waals surface area contributed by atoms with Gasteiger partial charge in [-0.25, -0.2) is 8.42 Å². The number of nitrogens with zero attached hydrogens (tertiary/aromatic N) is 2. The quantitative estimate of drug-likeness (QED) is 0.573. The Morgan fingerprint density at radius 3 is 2.35 bits per heavy atom. The van der Waals surface area contributed by atoms with Crippen molar-refractivity contribution in [2.24, 2.45) is 0 Å². The van der Waals surface area contributed by atoms with E-state index >= 15 is 0 Å². The van der Waals surface area contributed by atoms with Crippen molar-refractivity contribution in [1.29, 1.82) is 0 Å². The lowest BCUT2D eigenvalue weighted by atomic mass is 10.1. The summed E-state index contributed by atoms with van der Waals surface area (Å²) in [6.45, 7) is 6.65. The van der Waals surface area contributed by atoms with Crippen LogP contribution < -0.4 is 19.1 Å². The van der Waals surface area contributed by atoms with E-state index in [9.17, 15) is 13.2 Å². The Labute approximate surface area is 200 Å². The van der Waals surface area contributed by atoms with Gasteiger partial charge in [0.15, 0.2) is 11.5 Å². The van der Waals surface area contributed by atoms with E-state index in [0.29, 0.717) is 36.9 Å². The molecule has 10 heteroatoms. The number of morpholine rings is 1. The summed E-state index contributed by atoms with van der Waals surface area (Å²) in [5.41, 5.74) is 2.52. The van der Waals surface area contributed by atoms with E-state index in [1.807, 2.05) is 12.1 Å². The Morgan fingerprint density at radius 1 is 0.971 bits per heavy atom. The van der Waals surface area contributed by atoms with Gasteiger partial charge in [0, 0.05) is 32.2 Å². The van der Waals surface area contributed by atoms with Crippen LogP contribution in [0.2, 0.25) is 0 Å². The molecule has 0 atom stereocenters. The highest BCUT2D eigenvalue weighted by molar-refractivity contribution is 7.92. The largest absolute Gasteiger partial charge is 0.486 e. The van der Waals surface area contributed by atoms with Crippen LogP contribution in [0, 0.1) is 0 Å². The number of carbonyl (C=O) groups is 1. The number of rotatable bonds is 9. The highest BCUT2D eigenvalue weighted by Gasteiger charge is 2.25. The molecule has 0 radical (unpaired) electrons. The summed E-state index contributed by atoms with van der Waals surface area (Å²) in [5.74, 6) is 0.520. The van der Waals surface area contributed by atoms with Crippen LogP contribution in [0.15, 0.2) is 42.5 Å². The van der Waals surface area contributed by atoms with Gasteiger partial charge < -0.3 is 19.5 Å². The summed E-state index contributed by atoms with van der Waals surface area (Å²) in [6, 6.07) is 13.0. The molecule has 0 bridgehead atoms. The van der Waals surface area contributed by atoms with Gasteiger partial charge in [0.25, 0.3) is 0 Å². The fourth-order valence-electron chi connectivity index (χ4n) is 3.86. The minimum atomic E-state index is -3.68. The first kappa shape index (κ1) is 24.3. The molecule has 1 N–H and O–H groups in total. The first-order valence-electron chi connectivity index (χ1n) is 11.5. The normalized spacial score (nSPS) is 16.1. The number of anilines is 1. The van der Waals surface area contributed by atoms with E-state index in [2.05, 4.69) is 22.3 Å². The van der Waals surface area contributed by atoms with Gasteiger partial charge in [-0.2, -0.15) is 0 Å². The summed E-state index contributed by atoms with van der Waals surface area (Å²) < 4.78 is 43.1. The highest BCUT2D eigenvalue weighted by atomic mass is 32.2. The van der Waals surface area contributed by atoms with E-state index in [4.69, 9.17) is 14.2 Å². The zero-order valence-electron chi connectivity index (χ0n) is 19.4. The van der Waals surface area contributed by atoms with Crippen molar-refractivity contribution in [2.45, 2.75) is 20.0 Å². The fourth-order valence-corrected chi connectivity index (χ4v) is 4.92. The molecule has 2 aliphatic heterocycles. The number of fused-ring (bicyclic) bond motifs is 1. The molecule has 2 aromatic carbocycles. The molecule has 2 aliphatic rings. The van der Waals surface area contributed by atoms with Crippen molar-refractivity contribution in [1.82, 2.24) is 10.2 Å². The van der Waals surface area contributed by atoms with Crippen LogP contribution >= 0.6 is 0 Å². The first-order valence-corrected chi connectivity index (χ1v) is 13.1. The maximum atomic E-state index is 12.7. The van der Waals surface area contributed by atoms with Crippen molar-refractivity contribution < 1.29 is 27.4 Å². The van der Waals surface area contributed by atoms with Crippen LogP contribution in [-0.2, 0) is 32.6 Å². The number of ether oxygens (including phenoxy) is 3. The lowest BCUT2D eigenvalue weighted by Crippen LogP contribution is -2.41. The molecule has 0 unspecified atom stereocenters. The summed E-state index contributed by atoms with van der Waals surface area (Å²) >= 11 is 0. The van der Waals surface area contributed by atoms with Gasteiger partial charge >= 0.3 is 0 Å². The van der Waals surface area contributed by atoms with Gasteiger partial charge in [-0.15, -0.1) is 0 Å². The minimum absolute atomic E-state index is 0.126. The molecule has 0 aromatic heterocycles. The molecule has 184 valence electrons. The molecule has 2 aromatic rings. The SMILES string of the molecule is CCS(=O)(=O)N(CC(=O)NCc1ccc(CN2CCOCC2)cc1)c1ccc2c(c1)OCCO2. The van der Waals surface area contributed by atoms with Gasteiger partial charge in [-0.05, 0) is 30.2 Å². The predicted molar refractivity (Wildman–Crippen MR) is 129 cm³/mol. The molecule has 2 heterocycles.